The maximum absolute atomic E-state index is 15.2. The van der Waals surface area contributed by atoms with Crippen LogP contribution in [0.4, 0.5) is 17.6 Å². The van der Waals surface area contributed by atoms with Gasteiger partial charge in [-0.1, -0.05) is 6.58 Å². The molecule has 0 N–H and O–H groups in total. The van der Waals surface area contributed by atoms with Crippen LogP contribution < -0.4 is 0 Å². The van der Waals surface area contributed by atoms with E-state index in [2.05, 4.69) is 16.6 Å². The third kappa shape index (κ3) is 4.35. The standard InChI is InChI=1S/C20H19F4N3S2/c1-13-8-14(16-11-25-18(29-16)19(21)3-6-28-7-4-19)10-15(9-13)27-5-2-17(26-12-27)20(22,23)24/h2,5,9-11H,1,3-4,6-8,12H2. The second kappa shape index (κ2) is 7.75. The Morgan fingerprint density at radius 1 is 1.17 bits per heavy atom. The number of nitrogens with zero attached hydrogens (tertiary/aromatic N) is 3. The highest BCUT2D eigenvalue weighted by Gasteiger charge is 2.37. The number of thioether (sulfide) groups is 1. The van der Waals surface area contributed by atoms with Gasteiger partial charge in [0.15, 0.2) is 5.67 Å². The number of alkyl halides is 4. The second-order valence-electron chi connectivity index (χ2n) is 7.15. The average molecular weight is 442 g/mol. The molecule has 1 aromatic rings. The van der Waals surface area contributed by atoms with Crippen LogP contribution >= 0.6 is 23.1 Å². The predicted octanol–water partition coefficient (Wildman–Crippen LogP) is 5.85. The number of hydrogen-bond acceptors (Lipinski definition) is 5. The van der Waals surface area contributed by atoms with E-state index in [1.54, 1.807) is 22.9 Å². The van der Waals surface area contributed by atoms with E-state index in [0.29, 0.717) is 30.0 Å². The van der Waals surface area contributed by atoms with Crippen LogP contribution in [0.15, 0.2) is 53.5 Å². The Morgan fingerprint density at radius 3 is 2.59 bits per heavy atom. The molecular formula is C20H19F4N3S2. The van der Waals surface area contributed by atoms with Crippen molar-refractivity contribution >= 4 is 34.4 Å². The summed E-state index contributed by atoms with van der Waals surface area (Å²) in [5.41, 5.74) is 0.215. The van der Waals surface area contributed by atoms with Gasteiger partial charge in [0.1, 0.15) is 17.4 Å². The maximum Gasteiger partial charge on any atom is 0.433 e. The third-order valence-electron chi connectivity index (χ3n) is 5.01. The number of aromatic nitrogens is 1. The first-order chi connectivity index (χ1) is 13.7. The molecule has 9 heteroatoms. The minimum Gasteiger partial charge on any atom is -0.328 e. The molecular weight excluding hydrogens is 422 g/mol. The predicted molar refractivity (Wildman–Crippen MR) is 111 cm³/mol. The van der Waals surface area contributed by atoms with E-state index in [0.717, 1.165) is 33.6 Å². The van der Waals surface area contributed by atoms with Gasteiger partial charge in [0.05, 0.1) is 4.88 Å². The lowest BCUT2D eigenvalue weighted by Crippen LogP contribution is -2.28. The number of allylic oxidation sites excluding steroid dienone is 5. The number of rotatable bonds is 3. The normalized spacial score (nSPS) is 22.3. The fourth-order valence-electron chi connectivity index (χ4n) is 3.40. The number of hydrogen-bond donors (Lipinski definition) is 0. The first-order valence-electron chi connectivity index (χ1n) is 9.14. The van der Waals surface area contributed by atoms with E-state index in [1.165, 1.54) is 17.5 Å². The van der Waals surface area contributed by atoms with Crippen molar-refractivity contribution in [3.05, 3.63) is 58.4 Å². The first-order valence-corrected chi connectivity index (χ1v) is 11.1. The van der Waals surface area contributed by atoms with E-state index in [-0.39, 0.29) is 6.67 Å². The zero-order valence-corrected chi connectivity index (χ0v) is 17.1. The van der Waals surface area contributed by atoms with Crippen LogP contribution in [0.5, 0.6) is 0 Å². The van der Waals surface area contributed by atoms with Crippen LogP contribution in [-0.4, -0.2) is 39.9 Å². The highest BCUT2D eigenvalue weighted by molar-refractivity contribution is 7.99. The highest BCUT2D eigenvalue weighted by atomic mass is 32.2. The fourth-order valence-corrected chi connectivity index (χ4v) is 5.61. The van der Waals surface area contributed by atoms with Crippen LogP contribution in [0.1, 0.15) is 29.1 Å². The molecule has 0 amide bonds. The molecule has 4 rings (SSSR count). The molecule has 0 atom stereocenters. The van der Waals surface area contributed by atoms with Gasteiger partial charge in [-0.2, -0.15) is 24.9 Å². The Labute approximate surface area is 174 Å². The second-order valence-corrected chi connectivity index (χ2v) is 9.40. The van der Waals surface area contributed by atoms with E-state index in [9.17, 15) is 13.2 Å². The van der Waals surface area contributed by atoms with Gasteiger partial charge in [-0.25, -0.2) is 9.37 Å². The Kier molecular flexibility index (Phi) is 5.46. The van der Waals surface area contributed by atoms with E-state index < -0.39 is 17.6 Å². The van der Waals surface area contributed by atoms with E-state index >= 15 is 4.39 Å². The Bertz CT molecular complexity index is 934. The molecule has 1 aliphatic carbocycles. The van der Waals surface area contributed by atoms with Crippen molar-refractivity contribution in [1.82, 2.24) is 9.88 Å². The number of halogens is 4. The Balaban J connectivity index is 1.55. The largest absolute Gasteiger partial charge is 0.433 e. The monoisotopic (exact) mass is 441 g/mol. The molecule has 0 unspecified atom stereocenters. The summed E-state index contributed by atoms with van der Waals surface area (Å²) in [6, 6.07) is 0. The Morgan fingerprint density at radius 2 is 1.93 bits per heavy atom. The van der Waals surface area contributed by atoms with Crippen LogP contribution in [-0.2, 0) is 5.67 Å². The minimum atomic E-state index is -4.45. The number of thiazole rings is 1. The lowest BCUT2D eigenvalue weighted by molar-refractivity contribution is -0.0582. The van der Waals surface area contributed by atoms with Gasteiger partial charge in [0.2, 0.25) is 0 Å². The fraction of sp³-hybridized carbons (Fsp3) is 0.400. The molecule has 0 spiro atoms. The van der Waals surface area contributed by atoms with Gasteiger partial charge in [0, 0.05) is 18.1 Å². The first kappa shape index (κ1) is 20.4. The van der Waals surface area contributed by atoms with Crippen molar-refractivity contribution in [3.63, 3.8) is 0 Å². The molecule has 0 radical (unpaired) electrons. The highest BCUT2D eigenvalue weighted by Crippen LogP contribution is 2.43. The molecule has 1 saturated heterocycles. The summed E-state index contributed by atoms with van der Waals surface area (Å²) in [7, 11) is 0. The minimum absolute atomic E-state index is 0.118. The van der Waals surface area contributed by atoms with Crippen LogP contribution in [0, 0.1) is 0 Å². The van der Waals surface area contributed by atoms with E-state index in [4.69, 9.17) is 0 Å². The molecule has 154 valence electrons. The summed E-state index contributed by atoms with van der Waals surface area (Å²) in [6.45, 7) is 3.91. The molecule has 2 aliphatic heterocycles. The van der Waals surface area contributed by atoms with Crippen molar-refractivity contribution in [2.75, 3.05) is 18.2 Å². The summed E-state index contributed by atoms with van der Waals surface area (Å²) in [4.78, 5) is 10.5. The molecule has 3 nitrogen and oxygen atoms in total. The van der Waals surface area contributed by atoms with Crippen LogP contribution in [0.3, 0.4) is 0 Å². The molecule has 0 saturated carbocycles. The van der Waals surface area contributed by atoms with Gasteiger partial charge in [0.25, 0.3) is 0 Å². The van der Waals surface area contributed by atoms with Crippen molar-refractivity contribution in [2.24, 2.45) is 4.99 Å². The zero-order valence-electron chi connectivity index (χ0n) is 15.5. The van der Waals surface area contributed by atoms with Gasteiger partial charge >= 0.3 is 6.18 Å². The SMILES string of the molecule is C=C1C=C(N2C=CC(C(F)(F)F)=NC2)C=C(c2cnc(C3(F)CCSCC3)s2)C1. The van der Waals surface area contributed by atoms with Crippen LogP contribution in [0.2, 0.25) is 0 Å². The molecule has 3 heterocycles. The summed E-state index contributed by atoms with van der Waals surface area (Å²) in [6.07, 6.45) is 4.85. The molecule has 1 aromatic heterocycles. The summed E-state index contributed by atoms with van der Waals surface area (Å²) < 4.78 is 53.5. The van der Waals surface area contributed by atoms with Crippen molar-refractivity contribution in [1.29, 1.82) is 0 Å². The lowest BCUT2D eigenvalue weighted by atomic mass is 9.98. The van der Waals surface area contributed by atoms with Gasteiger partial charge in [-0.05, 0) is 60.1 Å². The van der Waals surface area contributed by atoms with Gasteiger partial charge in [-0.3, -0.25) is 4.99 Å². The molecule has 29 heavy (non-hydrogen) atoms. The van der Waals surface area contributed by atoms with E-state index in [1.807, 2.05) is 12.2 Å². The van der Waals surface area contributed by atoms with Crippen LogP contribution in [0.25, 0.3) is 5.57 Å². The van der Waals surface area contributed by atoms with Crippen molar-refractivity contribution < 1.29 is 17.6 Å². The third-order valence-corrected chi connectivity index (χ3v) is 7.25. The Hall–Kier alpha value is -1.87. The topological polar surface area (TPSA) is 28.5 Å². The number of aliphatic imine (C=N–C) groups is 1. The summed E-state index contributed by atoms with van der Waals surface area (Å²) >= 11 is 3.11. The molecule has 0 aromatic carbocycles. The quantitative estimate of drug-likeness (QED) is 0.551. The van der Waals surface area contributed by atoms with Gasteiger partial charge < -0.3 is 4.90 Å². The zero-order chi connectivity index (χ0) is 20.6. The lowest BCUT2D eigenvalue weighted by Gasteiger charge is -2.27. The maximum atomic E-state index is 15.2. The molecule has 3 aliphatic rings. The van der Waals surface area contributed by atoms with Gasteiger partial charge in [-0.15, -0.1) is 11.3 Å². The summed E-state index contributed by atoms with van der Waals surface area (Å²) in [5, 5.41) is 0.507. The smallest absolute Gasteiger partial charge is 0.328 e. The van der Waals surface area contributed by atoms with Crippen molar-refractivity contribution in [3.8, 4) is 0 Å². The average Bonchev–Trinajstić information content (AvgIpc) is 3.19. The molecule has 0 bridgehead atoms. The van der Waals surface area contributed by atoms with Crippen molar-refractivity contribution in [2.45, 2.75) is 31.1 Å². The molecule has 1 fully saturated rings. The summed E-state index contributed by atoms with van der Waals surface area (Å²) in [5.74, 6) is 1.58.